The topological polar surface area (TPSA) is 35.5 Å². The monoisotopic (exact) mass is 294 g/mol. The predicted octanol–water partition coefficient (Wildman–Crippen LogP) is 3.97. The molecule has 0 saturated carbocycles. The number of allylic oxidation sites excluding steroid dienone is 1. The molecule has 0 unspecified atom stereocenters. The Morgan fingerprint density at radius 2 is 1.73 bits per heavy atom. The maximum atomic E-state index is 12.2. The van der Waals surface area contributed by atoms with Gasteiger partial charge in [-0.05, 0) is 54.8 Å². The molecule has 0 aliphatic carbocycles. The molecule has 0 fully saturated rings. The Morgan fingerprint density at radius 1 is 0.955 bits per heavy atom. The van der Waals surface area contributed by atoms with E-state index in [0.29, 0.717) is 18.8 Å². The van der Waals surface area contributed by atoms with Gasteiger partial charge in [0.25, 0.3) is 0 Å². The molecule has 3 nitrogen and oxygen atoms in total. The lowest BCUT2D eigenvalue weighted by atomic mass is 10.0. The Morgan fingerprint density at radius 3 is 2.50 bits per heavy atom. The zero-order chi connectivity index (χ0) is 15.5. The molecule has 1 aliphatic heterocycles. The van der Waals surface area contributed by atoms with Gasteiger partial charge >= 0.3 is 0 Å². The van der Waals surface area contributed by atoms with Crippen LogP contribution < -0.4 is 9.47 Å². The van der Waals surface area contributed by atoms with Gasteiger partial charge in [-0.15, -0.1) is 0 Å². The molecule has 0 N–H and O–H groups in total. The molecule has 0 aromatic heterocycles. The summed E-state index contributed by atoms with van der Waals surface area (Å²) in [6.45, 7) is 5.18. The summed E-state index contributed by atoms with van der Waals surface area (Å²) in [5, 5.41) is 0. The van der Waals surface area contributed by atoms with E-state index in [1.54, 1.807) is 12.2 Å². The Bertz CT molecular complexity index is 744. The first-order chi connectivity index (χ1) is 10.6. The van der Waals surface area contributed by atoms with Crippen LogP contribution in [0.3, 0.4) is 0 Å². The number of hydrogen-bond donors (Lipinski definition) is 0. The lowest BCUT2D eigenvalue weighted by Gasteiger charge is -2.18. The first-order valence-electron chi connectivity index (χ1n) is 7.33. The van der Waals surface area contributed by atoms with Crippen molar-refractivity contribution in [3.63, 3.8) is 0 Å². The van der Waals surface area contributed by atoms with Crippen LogP contribution in [0.25, 0.3) is 6.08 Å². The van der Waals surface area contributed by atoms with Gasteiger partial charge in [-0.1, -0.05) is 24.3 Å². The molecule has 1 heterocycles. The number of fused-ring (bicyclic) bond motifs is 1. The van der Waals surface area contributed by atoms with Crippen LogP contribution in [0.4, 0.5) is 0 Å². The van der Waals surface area contributed by atoms with E-state index in [1.165, 1.54) is 5.56 Å². The number of ether oxygens (including phenoxy) is 2. The minimum atomic E-state index is -0.00186. The van der Waals surface area contributed by atoms with E-state index >= 15 is 0 Å². The molecule has 2 aromatic rings. The first-order valence-corrected chi connectivity index (χ1v) is 7.33. The number of rotatable bonds is 3. The van der Waals surface area contributed by atoms with E-state index in [4.69, 9.17) is 9.47 Å². The standard InChI is InChI=1S/C19H18O3/c1-13-3-6-16(11-14(13)2)17(20)7-4-15-5-8-18-19(12-15)22-10-9-21-18/h3-8,11-12H,9-10H2,1-2H3. The summed E-state index contributed by atoms with van der Waals surface area (Å²) < 4.78 is 11.0. The molecule has 1 aliphatic rings. The average Bonchev–Trinajstić information content (AvgIpc) is 2.55. The van der Waals surface area contributed by atoms with E-state index in [9.17, 15) is 4.79 Å². The van der Waals surface area contributed by atoms with Crippen LogP contribution in [0.2, 0.25) is 0 Å². The van der Waals surface area contributed by atoms with Crippen molar-refractivity contribution in [2.75, 3.05) is 13.2 Å². The van der Waals surface area contributed by atoms with E-state index in [2.05, 4.69) is 0 Å². The molecule has 0 amide bonds. The van der Waals surface area contributed by atoms with Crippen molar-refractivity contribution < 1.29 is 14.3 Å². The van der Waals surface area contributed by atoms with Crippen molar-refractivity contribution in [2.24, 2.45) is 0 Å². The smallest absolute Gasteiger partial charge is 0.185 e. The second-order valence-electron chi connectivity index (χ2n) is 5.40. The fourth-order valence-corrected chi connectivity index (χ4v) is 2.33. The van der Waals surface area contributed by atoms with Gasteiger partial charge in [-0.2, -0.15) is 0 Å². The molecule has 3 rings (SSSR count). The third-order valence-corrected chi connectivity index (χ3v) is 3.78. The number of hydrogen-bond acceptors (Lipinski definition) is 3. The molecular formula is C19H18O3. The highest BCUT2D eigenvalue weighted by Crippen LogP contribution is 2.31. The molecule has 2 aromatic carbocycles. The van der Waals surface area contributed by atoms with Gasteiger partial charge in [0.15, 0.2) is 17.3 Å². The van der Waals surface area contributed by atoms with Crippen molar-refractivity contribution in [2.45, 2.75) is 13.8 Å². The molecule has 0 bridgehead atoms. The molecule has 0 radical (unpaired) electrons. The van der Waals surface area contributed by atoms with Gasteiger partial charge in [0.1, 0.15) is 13.2 Å². The Balaban J connectivity index is 1.78. The maximum absolute atomic E-state index is 12.2. The third-order valence-electron chi connectivity index (χ3n) is 3.78. The Hall–Kier alpha value is -2.55. The van der Waals surface area contributed by atoms with Gasteiger partial charge in [0, 0.05) is 5.56 Å². The van der Waals surface area contributed by atoms with Gasteiger partial charge in [0.2, 0.25) is 0 Å². The van der Waals surface area contributed by atoms with Gasteiger partial charge in [-0.25, -0.2) is 0 Å². The molecular weight excluding hydrogens is 276 g/mol. The molecule has 0 saturated heterocycles. The van der Waals surface area contributed by atoms with Crippen LogP contribution in [-0.4, -0.2) is 19.0 Å². The van der Waals surface area contributed by atoms with E-state index in [-0.39, 0.29) is 5.78 Å². The lowest BCUT2D eigenvalue weighted by Crippen LogP contribution is -2.15. The lowest BCUT2D eigenvalue weighted by molar-refractivity contribution is 0.104. The van der Waals surface area contributed by atoms with E-state index in [0.717, 1.165) is 22.6 Å². The van der Waals surface area contributed by atoms with Gasteiger partial charge in [-0.3, -0.25) is 4.79 Å². The van der Waals surface area contributed by atoms with E-state index in [1.807, 2.05) is 50.2 Å². The van der Waals surface area contributed by atoms with Crippen molar-refractivity contribution >= 4 is 11.9 Å². The zero-order valence-corrected chi connectivity index (χ0v) is 12.8. The summed E-state index contributed by atoms with van der Waals surface area (Å²) in [6, 6.07) is 11.4. The summed E-state index contributed by atoms with van der Waals surface area (Å²) in [4.78, 5) is 12.2. The fourth-order valence-electron chi connectivity index (χ4n) is 2.33. The van der Waals surface area contributed by atoms with Crippen LogP contribution >= 0.6 is 0 Å². The summed E-state index contributed by atoms with van der Waals surface area (Å²) in [7, 11) is 0. The summed E-state index contributed by atoms with van der Waals surface area (Å²) in [5.41, 5.74) is 3.93. The molecule has 0 atom stereocenters. The van der Waals surface area contributed by atoms with E-state index < -0.39 is 0 Å². The van der Waals surface area contributed by atoms with Crippen LogP contribution in [0.15, 0.2) is 42.5 Å². The van der Waals surface area contributed by atoms with Crippen LogP contribution in [-0.2, 0) is 0 Å². The minimum absolute atomic E-state index is 0.00186. The van der Waals surface area contributed by atoms with Crippen LogP contribution in [0, 0.1) is 13.8 Å². The third kappa shape index (κ3) is 3.03. The summed E-state index contributed by atoms with van der Waals surface area (Å²) in [6.07, 6.45) is 3.39. The first kappa shape index (κ1) is 14.4. The Labute approximate surface area is 130 Å². The van der Waals surface area contributed by atoms with Crippen molar-refractivity contribution in [1.29, 1.82) is 0 Å². The summed E-state index contributed by atoms with van der Waals surface area (Å²) >= 11 is 0. The fraction of sp³-hybridized carbons (Fsp3) is 0.211. The average molecular weight is 294 g/mol. The van der Waals surface area contributed by atoms with Crippen LogP contribution in [0.1, 0.15) is 27.0 Å². The highest BCUT2D eigenvalue weighted by Gasteiger charge is 2.11. The minimum Gasteiger partial charge on any atom is -0.486 e. The molecule has 112 valence electrons. The van der Waals surface area contributed by atoms with Crippen molar-refractivity contribution in [3.8, 4) is 11.5 Å². The quantitative estimate of drug-likeness (QED) is 0.634. The molecule has 3 heteroatoms. The van der Waals surface area contributed by atoms with Crippen molar-refractivity contribution in [3.05, 3.63) is 64.7 Å². The van der Waals surface area contributed by atoms with Crippen LogP contribution in [0.5, 0.6) is 11.5 Å². The molecule has 22 heavy (non-hydrogen) atoms. The summed E-state index contributed by atoms with van der Waals surface area (Å²) in [5.74, 6) is 1.48. The van der Waals surface area contributed by atoms with Gasteiger partial charge < -0.3 is 9.47 Å². The highest BCUT2D eigenvalue weighted by atomic mass is 16.6. The Kier molecular flexibility index (Phi) is 3.96. The highest BCUT2D eigenvalue weighted by molar-refractivity contribution is 6.07. The second kappa shape index (κ2) is 6.06. The van der Waals surface area contributed by atoms with Gasteiger partial charge in [0.05, 0.1) is 0 Å². The maximum Gasteiger partial charge on any atom is 0.185 e. The number of ketones is 1. The molecule has 0 spiro atoms. The number of aryl methyl sites for hydroxylation is 2. The number of carbonyl (C=O) groups excluding carboxylic acids is 1. The SMILES string of the molecule is Cc1ccc(C(=O)C=Cc2ccc3c(c2)OCCO3)cc1C. The zero-order valence-electron chi connectivity index (χ0n) is 12.8. The number of benzene rings is 2. The van der Waals surface area contributed by atoms with Crippen molar-refractivity contribution in [1.82, 2.24) is 0 Å². The largest absolute Gasteiger partial charge is 0.486 e. The normalized spacial score (nSPS) is 13.4. The number of carbonyl (C=O) groups is 1. The predicted molar refractivity (Wildman–Crippen MR) is 86.7 cm³/mol. The second-order valence-corrected chi connectivity index (χ2v) is 5.40.